The number of ether oxygens (including phenoxy) is 1. The lowest BCUT2D eigenvalue weighted by molar-refractivity contribution is -0.120. The van der Waals surface area contributed by atoms with E-state index in [1.165, 1.54) is 6.92 Å². The fourth-order valence-electron chi connectivity index (χ4n) is 2.64. The lowest BCUT2D eigenvalue weighted by Gasteiger charge is -2.31. The van der Waals surface area contributed by atoms with Crippen LogP contribution < -0.4 is 17.0 Å². The molecule has 17 nitrogen and oxygen atoms in total. The normalized spacial score (nSPS) is 28.2. The predicted molar refractivity (Wildman–Crippen MR) is 98.4 cm³/mol. The van der Waals surface area contributed by atoms with Crippen LogP contribution in [-0.2, 0) is 31.6 Å². The van der Waals surface area contributed by atoms with Crippen molar-refractivity contribution in [1.29, 1.82) is 0 Å². The van der Waals surface area contributed by atoms with Crippen molar-refractivity contribution in [3.63, 3.8) is 0 Å². The van der Waals surface area contributed by atoms with E-state index in [1.807, 2.05) is 4.98 Å². The van der Waals surface area contributed by atoms with Gasteiger partial charge in [-0.3, -0.25) is 18.9 Å². The molecule has 31 heavy (non-hydrogen) atoms. The minimum absolute atomic E-state index is 0.149. The highest BCUT2D eigenvalue weighted by Crippen LogP contribution is 2.66. The Morgan fingerprint density at radius 2 is 1.84 bits per heavy atom. The van der Waals surface area contributed by atoms with Crippen LogP contribution in [0.3, 0.4) is 0 Å². The zero-order valence-corrected chi connectivity index (χ0v) is 18.3. The van der Waals surface area contributed by atoms with Gasteiger partial charge in [0.05, 0.1) is 12.7 Å². The Hall–Kier alpha value is -1.03. The van der Waals surface area contributed by atoms with Gasteiger partial charge >= 0.3 is 29.2 Å². The fraction of sp³-hybridized carbons (Fsp3) is 0.636. The molecule has 0 aromatic carbocycles. The van der Waals surface area contributed by atoms with E-state index in [1.54, 1.807) is 0 Å². The van der Waals surface area contributed by atoms with Crippen molar-refractivity contribution in [2.75, 3.05) is 13.2 Å². The molecule has 2 unspecified atom stereocenters. The summed E-state index contributed by atoms with van der Waals surface area (Å²) in [5.41, 5.74) is 2.31. The van der Waals surface area contributed by atoms with Crippen molar-refractivity contribution in [3.05, 3.63) is 32.6 Å². The van der Waals surface area contributed by atoms with E-state index in [9.17, 15) is 33.3 Å². The number of hydrogen-bond donors (Lipinski definition) is 7. The molecular formula is C11H20N3O14P3. The Balaban J connectivity index is 2.18. The molecule has 0 bridgehead atoms. The summed E-state index contributed by atoms with van der Waals surface area (Å²) >= 11 is 0. The second-order valence-electron chi connectivity index (χ2n) is 6.44. The minimum Gasteiger partial charge on any atom is -0.390 e. The number of aromatic amines is 1. The summed E-state index contributed by atoms with van der Waals surface area (Å²) in [4.78, 5) is 61.3. The van der Waals surface area contributed by atoms with E-state index in [-0.39, 0.29) is 12.0 Å². The van der Waals surface area contributed by atoms with Crippen LogP contribution in [0.2, 0.25) is 0 Å². The second-order valence-corrected chi connectivity index (χ2v) is 10.9. The molecule has 8 N–H and O–H groups in total. The number of H-pyrrole nitrogens is 1. The zero-order valence-electron chi connectivity index (χ0n) is 15.6. The number of phosphoric ester groups is 1. The van der Waals surface area contributed by atoms with Gasteiger partial charge in [-0.2, -0.15) is 8.62 Å². The van der Waals surface area contributed by atoms with Crippen LogP contribution in [0.1, 0.15) is 18.2 Å². The van der Waals surface area contributed by atoms with Crippen LogP contribution in [0.4, 0.5) is 0 Å². The van der Waals surface area contributed by atoms with Gasteiger partial charge in [-0.15, -0.1) is 0 Å². The number of aliphatic hydroxyl groups is 1. The molecule has 1 aliphatic heterocycles. The summed E-state index contributed by atoms with van der Waals surface area (Å²) in [6.45, 7) is -0.134. The maximum Gasteiger partial charge on any atom is 0.490 e. The van der Waals surface area contributed by atoms with Crippen LogP contribution in [-0.4, -0.2) is 59.1 Å². The van der Waals surface area contributed by atoms with E-state index < -0.39 is 65.8 Å². The number of phosphoric acid groups is 3. The number of aryl methyl sites for hydroxylation is 1. The average Bonchev–Trinajstić information content (AvgIpc) is 2.90. The maximum atomic E-state index is 12.0. The molecule has 2 rings (SSSR count). The van der Waals surface area contributed by atoms with Crippen molar-refractivity contribution in [1.82, 2.24) is 9.55 Å². The number of rotatable bonds is 9. The molecule has 178 valence electrons. The summed E-state index contributed by atoms with van der Waals surface area (Å²) in [6.07, 6.45) is -1.75. The Morgan fingerprint density at radius 1 is 1.23 bits per heavy atom. The van der Waals surface area contributed by atoms with E-state index in [2.05, 4.69) is 13.1 Å². The summed E-state index contributed by atoms with van der Waals surface area (Å²) in [5.74, 6) is 0. The number of aliphatic hydroxyl groups excluding tert-OH is 1. The molecule has 0 spiro atoms. The highest BCUT2D eigenvalue weighted by Gasteiger charge is 2.51. The smallest absolute Gasteiger partial charge is 0.390 e. The van der Waals surface area contributed by atoms with Crippen molar-refractivity contribution in [2.45, 2.75) is 31.3 Å². The Bertz CT molecular complexity index is 1080. The van der Waals surface area contributed by atoms with Crippen molar-refractivity contribution in [2.24, 2.45) is 5.73 Å². The maximum absolute atomic E-state index is 12.0. The number of nitrogens with two attached hydrogens (primary N) is 1. The molecule has 1 saturated heterocycles. The lowest BCUT2D eigenvalue weighted by Crippen LogP contribution is -2.50. The average molecular weight is 511 g/mol. The van der Waals surface area contributed by atoms with Crippen LogP contribution in [0.15, 0.2) is 15.8 Å². The van der Waals surface area contributed by atoms with Gasteiger partial charge in [0, 0.05) is 24.7 Å². The molecule has 1 aromatic heterocycles. The molecule has 0 amide bonds. The molecule has 1 aromatic rings. The number of nitrogens with zero attached hydrogens (tertiary/aromatic N) is 1. The first kappa shape index (κ1) is 26.2. The molecule has 1 fully saturated rings. The number of aromatic nitrogens is 2. The SMILES string of the molecule is Cc1cn([C@H]2C[C@H](O)[C@@](CN)(COP(=O)(O)OP(=O)(O)OP(=O)(O)O)O2)c(=O)[nH]c1=O. The standard InChI is InChI=1S/C11H20N3O14P3/c1-6-3-14(10(17)13-9(6)16)8-2-7(15)11(4-12,26-8)5-25-30(21,22)28-31(23,24)27-29(18,19)20/h3,7-8,15H,2,4-5,12H2,1H3,(H,21,22)(H,23,24)(H,13,16,17)(H2,18,19,20)/t7-,8+,11+/m0/s1. The van der Waals surface area contributed by atoms with Crippen LogP contribution in [0, 0.1) is 6.92 Å². The predicted octanol–water partition coefficient (Wildman–Crippen LogP) is -1.83. The largest absolute Gasteiger partial charge is 0.490 e. The molecule has 20 heteroatoms. The molecule has 1 aliphatic rings. The quantitative estimate of drug-likeness (QED) is 0.180. The monoisotopic (exact) mass is 511 g/mol. The molecular weight excluding hydrogens is 491 g/mol. The van der Waals surface area contributed by atoms with E-state index in [0.29, 0.717) is 0 Å². The molecule has 0 aliphatic carbocycles. The third-order valence-electron chi connectivity index (χ3n) is 4.09. The molecule has 5 atom stereocenters. The summed E-state index contributed by atoms with van der Waals surface area (Å²) in [6, 6.07) is 0. The minimum atomic E-state index is -5.73. The lowest BCUT2D eigenvalue weighted by atomic mass is 9.98. The topological polar surface area (TPSA) is 270 Å². The van der Waals surface area contributed by atoms with Crippen LogP contribution in [0.25, 0.3) is 0 Å². The third-order valence-corrected chi connectivity index (χ3v) is 7.88. The summed E-state index contributed by atoms with van der Waals surface area (Å²) < 4.78 is 52.1. The zero-order chi connectivity index (χ0) is 23.8. The third kappa shape index (κ3) is 6.73. The van der Waals surface area contributed by atoms with Gasteiger partial charge in [-0.05, 0) is 6.92 Å². The first-order valence-corrected chi connectivity index (χ1v) is 12.7. The van der Waals surface area contributed by atoms with Gasteiger partial charge in [0.2, 0.25) is 0 Å². The molecule has 2 heterocycles. The molecule has 0 radical (unpaired) electrons. The van der Waals surface area contributed by atoms with Gasteiger partial charge in [0.15, 0.2) is 0 Å². The second kappa shape index (κ2) is 9.08. The van der Waals surface area contributed by atoms with Crippen molar-refractivity contribution < 1.29 is 56.3 Å². The van der Waals surface area contributed by atoms with Crippen molar-refractivity contribution >= 4 is 23.5 Å². The first-order chi connectivity index (χ1) is 14.0. The van der Waals surface area contributed by atoms with Gasteiger partial charge in [0.25, 0.3) is 5.56 Å². The Morgan fingerprint density at radius 3 is 2.39 bits per heavy atom. The van der Waals surface area contributed by atoms with Gasteiger partial charge in [-0.1, -0.05) is 0 Å². The highest BCUT2D eigenvalue weighted by molar-refractivity contribution is 7.66. The van der Waals surface area contributed by atoms with Crippen molar-refractivity contribution in [3.8, 4) is 0 Å². The molecule has 0 saturated carbocycles. The van der Waals surface area contributed by atoms with E-state index in [4.69, 9.17) is 25.2 Å². The fourth-order valence-corrected chi connectivity index (χ4v) is 5.72. The van der Waals surface area contributed by atoms with E-state index in [0.717, 1.165) is 10.8 Å². The summed E-state index contributed by atoms with van der Waals surface area (Å²) in [5, 5.41) is 10.4. The van der Waals surface area contributed by atoms with Gasteiger partial charge in [-0.25, -0.2) is 18.5 Å². The van der Waals surface area contributed by atoms with Gasteiger partial charge < -0.3 is 35.2 Å². The van der Waals surface area contributed by atoms with Gasteiger partial charge in [0.1, 0.15) is 11.8 Å². The summed E-state index contributed by atoms with van der Waals surface area (Å²) in [7, 11) is -16.8. The Labute approximate surface area is 172 Å². The highest BCUT2D eigenvalue weighted by atomic mass is 31.3. The number of nitrogens with one attached hydrogen (secondary N) is 1. The number of hydrogen-bond acceptors (Lipinski definition) is 11. The first-order valence-electron chi connectivity index (χ1n) is 8.15. The van der Waals surface area contributed by atoms with Crippen LogP contribution >= 0.6 is 23.5 Å². The van der Waals surface area contributed by atoms with Crippen LogP contribution in [0.5, 0.6) is 0 Å². The Kier molecular flexibility index (Phi) is 7.68. The van der Waals surface area contributed by atoms with E-state index >= 15 is 0 Å².